The van der Waals surface area contributed by atoms with Gasteiger partial charge in [0.1, 0.15) is 0 Å². The fraction of sp³-hybridized carbons (Fsp3) is 0.480. The summed E-state index contributed by atoms with van der Waals surface area (Å²) in [6, 6.07) is 22.2. The van der Waals surface area contributed by atoms with Gasteiger partial charge in [-0.25, -0.2) is 0 Å². The topological polar surface area (TPSA) is 26.8 Å². The number of piperidine rings is 1. The van der Waals surface area contributed by atoms with E-state index in [2.05, 4.69) is 82.3 Å². The molecule has 29 heavy (non-hydrogen) atoms. The largest absolute Gasteiger partial charge is 0.339 e. The van der Waals surface area contributed by atoms with Crippen molar-refractivity contribution in [1.29, 1.82) is 0 Å². The van der Waals surface area contributed by atoms with Gasteiger partial charge in [-0.3, -0.25) is 14.6 Å². The van der Waals surface area contributed by atoms with Crippen LogP contribution in [0.1, 0.15) is 43.4 Å². The first-order valence-corrected chi connectivity index (χ1v) is 11.1. The molecule has 1 amide bonds. The molecule has 4 nitrogen and oxygen atoms in total. The van der Waals surface area contributed by atoms with Gasteiger partial charge in [0, 0.05) is 38.8 Å². The number of likely N-dealkylation sites (tertiary alicyclic amines) is 1. The molecule has 0 aliphatic carbocycles. The molecule has 0 spiro atoms. The van der Waals surface area contributed by atoms with E-state index < -0.39 is 0 Å². The highest BCUT2D eigenvalue weighted by Gasteiger charge is 2.29. The van der Waals surface area contributed by atoms with Gasteiger partial charge in [-0.15, -0.1) is 0 Å². The van der Waals surface area contributed by atoms with E-state index in [9.17, 15) is 4.79 Å². The number of benzene rings is 2. The van der Waals surface area contributed by atoms with Crippen LogP contribution in [-0.4, -0.2) is 65.9 Å². The molecule has 2 aliphatic heterocycles. The number of hydrogen-bond donors (Lipinski definition) is 0. The quantitative estimate of drug-likeness (QED) is 0.776. The second kappa shape index (κ2) is 9.55. The molecule has 2 heterocycles. The highest BCUT2D eigenvalue weighted by atomic mass is 16.2. The Morgan fingerprint density at radius 2 is 1.45 bits per heavy atom. The van der Waals surface area contributed by atoms with Crippen LogP contribution in [0, 0.1) is 0 Å². The summed E-state index contributed by atoms with van der Waals surface area (Å²) in [5.41, 5.74) is 2.68. The van der Waals surface area contributed by atoms with Gasteiger partial charge in [0.15, 0.2) is 0 Å². The highest BCUT2D eigenvalue weighted by molar-refractivity contribution is 5.78. The van der Waals surface area contributed by atoms with Crippen molar-refractivity contribution >= 4 is 5.91 Å². The van der Waals surface area contributed by atoms with Crippen molar-refractivity contribution in [1.82, 2.24) is 14.7 Å². The number of carbonyl (C=O) groups is 1. The van der Waals surface area contributed by atoms with Gasteiger partial charge in [0.2, 0.25) is 5.91 Å². The van der Waals surface area contributed by atoms with Gasteiger partial charge in [-0.2, -0.15) is 0 Å². The van der Waals surface area contributed by atoms with Gasteiger partial charge in [-0.05, 0) is 37.3 Å². The molecule has 0 aromatic heterocycles. The van der Waals surface area contributed by atoms with E-state index in [0.29, 0.717) is 18.5 Å². The first kappa shape index (κ1) is 20.1. The van der Waals surface area contributed by atoms with Gasteiger partial charge >= 0.3 is 0 Å². The zero-order chi connectivity index (χ0) is 20.1. The molecule has 2 fully saturated rings. The van der Waals surface area contributed by atoms with E-state index in [1.54, 1.807) is 0 Å². The minimum Gasteiger partial charge on any atom is -0.339 e. The molecule has 0 unspecified atom stereocenters. The minimum absolute atomic E-state index is 0.275. The molecule has 4 heteroatoms. The summed E-state index contributed by atoms with van der Waals surface area (Å²) >= 11 is 0. The van der Waals surface area contributed by atoms with Crippen LogP contribution in [0.15, 0.2) is 60.7 Å². The Kier molecular flexibility index (Phi) is 6.63. The van der Waals surface area contributed by atoms with Gasteiger partial charge < -0.3 is 4.90 Å². The first-order chi connectivity index (χ1) is 14.2. The SMILES string of the molecule is C[C@H]1CCCCN1C(=O)CN1CCN(C(c2ccccc2)c2ccccc2)CC1. The van der Waals surface area contributed by atoms with Crippen molar-refractivity contribution in [2.45, 2.75) is 38.3 Å². The van der Waals surface area contributed by atoms with Crippen LogP contribution in [0.3, 0.4) is 0 Å². The van der Waals surface area contributed by atoms with Crippen LogP contribution in [0.5, 0.6) is 0 Å². The molecule has 1 atom stereocenters. The molecular weight excluding hydrogens is 358 g/mol. The van der Waals surface area contributed by atoms with Crippen LogP contribution in [-0.2, 0) is 4.79 Å². The summed E-state index contributed by atoms with van der Waals surface area (Å²) in [6.07, 6.45) is 3.55. The standard InChI is InChI=1S/C25H33N3O/c1-21-10-8-9-15-28(21)24(29)20-26-16-18-27(19-17-26)25(22-11-4-2-5-12-22)23-13-6-3-7-14-23/h2-7,11-14,21,25H,8-10,15-20H2,1H3/t21-/m0/s1. The third-order valence-corrected chi connectivity index (χ3v) is 6.48. The van der Waals surface area contributed by atoms with E-state index in [0.717, 1.165) is 45.6 Å². The van der Waals surface area contributed by atoms with Crippen molar-refractivity contribution in [2.24, 2.45) is 0 Å². The normalized spacial score (nSPS) is 21.4. The highest BCUT2D eigenvalue weighted by Crippen LogP contribution is 2.29. The Labute approximate surface area is 175 Å². The second-order valence-corrected chi connectivity index (χ2v) is 8.47. The average Bonchev–Trinajstić information content (AvgIpc) is 2.77. The number of rotatable bonds is 5. The van der Waals surface area contributed by atoms with Crippen LogP contribution in [0.2, 0.25) is 0 Å². The van der Waals surface area contributed by atoms with Crippen LogP contribution < -0.4 is 0 Å². The lowest BCUT2D eigenvalue weighted by molar-refractivity contribution is -0.136. The average molecular weight is 392 g/mol. The van der Waals surface area contributed by atoms with Crippen molar-refractivity contribution < 1.29 is 4.79 Å². The Bertz CT molecular complexity index is 732. The third-order valence-electron chi connectivity index (χ3n) is 6.48. The number of amides is 1. The Morgan fingerprint density at radius 1 is 0.862 bits per heavy atom. The number of nitrogens with zero attached hydrogens (tertiary/aromatic N) is 3. The van der Waals surface area contributed by atoms with Crippen molar-refractivity contribution in [3.05, 3.63) is 71.8 Å². The van der Waals surface area contributed by atoms with E-state index in [-0.39, 0.29) is 6.04 Å². The van der Waals surface area contributed by atoms with E-state index >= 15 is 0 Å². The van der Waals surface area contributed by atoms with Gasteiger partial charge in [-0.1, -0.05) is 60.7 Å². The molecule has 0 bridgehead atoms. The molecule has 2 aliphatic rings. The van der Waals surface area contributed by atoms with Crippen molar-refractivity contribution in [3.8, 4) is 0 Å². The first-order valence-electron chi connectivity index (χ1n) is 11.1. The van der Waals surface area contributed by atoms with E-state index in [1.807, 2.05) is 0 Å². The lowest BCUT2D eigenvalue weighted by Crippen LogP contribution is -2.52. The van der Waals surface area contributed by atoms with Crippen LogP contribution in [0.4, 0.5) is 0 Å². The summed E-state index contributed by atoms with van der Waals surface area (Å²) < 4.78 is 0. The molecule has 154 valence electrons. The predicted octanol–water partition coefficient (Wildman–Crippen LogP) is 3.79. The monoisotopic (exact) mass is 391 g/mol. The zero-order valence-corrected chi connectivity index (χ0v) is 17.5. The Balaban J connectivity index is 1.40. The minimum atomic E-state index is 0.275. The lowest BCUT2D eigenvalue weighted by atomic mass is 9.96. The van der Waals surface area contributed by atoms with Crippen molar-refractivity contribution in [2.75, 3.05) is 39.3 Å². The van der Waals surface area contributed by atoms with Gasteiger partial charge in [0.05, 0.1) is 12.6 Å². The predicted molar refractivity (Wildman–Crippen MR) is 118 cm³/mol. The van der Waals surface area contributed by atoms with Crippen LogP contribution >= 0.6 is 0 Å². The third kappa shape index (κ3) is 4.88. The van der Waals surface area contributed by atoms with Gasteiger partial charge in [0.25, 0.3) is 0 Å². The summed E-state index contributed by atoms with van der Waals surface area (Å²) in [6.45, 7) is 7.56. The zero-order valence-electron chi connectivity index (χ0n) is 17.5. The summed E-state index contributed by atoms with van der Waals surface area (Å²) in [5, 5.41) is 0. The molecule has 0 N–H and O–H groups in total. The number of hydrogen-bond acceptors (Lipinski definition) is 3. The molecule has 2 aromatic rings. The molecule has 2 saturated heterocycles. The summed E-state index contributed by atoms with van der Waals surface area (Å²) in [7, 11) is 0. The Hall–Kier alpha value is -2.17. The Morgan fingerprint density at radius 3 is 2.00 bits per heavy atom. The van der Waals surface area contributed by atoms with Crippen molar-refractivity contribution in [3.63, 3.8) is 0 Å². The molecule has 0 radical (unpaired) electrons. The molecule has 0 saturated carbocycles. The van der Waals surface area contributed by atoms with E-state index in [1.165, 1.54) is 17.5 Å². The van der Waals surface area contributed by atoms with Crippen LogP contribution in [0.25, 0.3) is 0 Å². The molecule has 2 aromatic carbocycles. The number of carbonyl (C=O) groups excluding carboxylic acids is 1. The summed E-state index contributed by atoms with van der Waals surface area (Å²) in [4.78, 5) is 19.8. The fourth-order valence-electron chi connectivity index (χ4n) is 4.82. The fourth-order valence-corrected chi connectivity index (χ4v) is 4.82. The summed E-state index contributed by atoms with van der Waals surface area (Å²) in [5.74, 6) is 0.313. The smallest absolute Gasteiger partial charge is 0.236 e. The second-order valence-electron chi connectivity index (χ2n) is 8.47. The molecular formula is C25H33N3O. The maximum Gasteiger partial charge on any atom is 0.236 e. The lowest BCUT2D eigenvalue weighted by Gasteiger charge is -2.41. The maximum atomic E-state index is 12.8. The van der Waals surface area contributed by atoms with E-state index in [4.69, 9.17) is 0 Å². The molecule has 4 rings (SSSR count). The number of piperazine rings is 1. The maximum absolute atomic E-state index is 12.8.